The minimum absolute atomic E-state index is 0.125. The van der Waals surface area contributed by atoms with Crippen LogP contribution in [-0.2, 0) is 9.47 Å². The van der Waals surface area contributed by atoms with Crippen molar-refractivity contribution in [3.05, 3.63) is 0 Å². The van der Waals surface area contributed by atoms with Crippen LogP contribution in [0.4, 0.5) is 0 Å². The topological polar surface area (TPSA) is 18.5 Å². The Balaban J connectivity index is 2.82. The molecule has 1 aliphatic rings. The van der Waals surface area contributed by atoms with Gasteiger partial charge in [-0.25, -0.2) is 0 Å². The SMILES string of the molecule is C=[PH](CP(=C)(CC)CCP(=C)(CC)CC)C(C)(C)O[C@H]1O[C@@H](C)C(C)(C)[C@@H]1C. The van der Waals surface area contributed by atoms with Crippen LogP contribution in [0.5, 0.6) is 0 Å². The van der Waals surface area contributed by atoms with E-state index >= 15 is 0 Å². The Morgan fingerprint density at radius 3 is 1.86 bits per heavy atom. The van der Waals surface area contributed by atoms with E-state index in [1.54, 1.807) is 0 Å². The third-order valence-corrected chi connectivity index (χ3v) is 20.6. The largest absolute Gasteiger partial charge is 0.349 e. The van der Waals surface area contributed by atoms with Gasteiger partial charge in [0, 0.05) is 5.92 Å². The standard InChI is InChI=1S/C23H49O2P3/c1-13-27(11,14-2)16-17-28(12,15-3)18-26(10)23(8,9)25-21-19(4)22(6,7)20(5)24-21/h19-21,26H,10-18H2,1-9H3/t19-,20+,21-,28?/m1/s1. The van der Waals surface area contributed by atoms with Crippen LogP contribution in [0.1, 0.15) is 62.3 Å². The Kier molecular flexibility index (Phi) is 9.55. The molecule has 0 aromatic carbocycles. The molecule has 5 heteroatoms. The molecule has 1 aliphatic heterocycles. The van der Waals surface area contributed by atoms with Gasteiger partial charge in [-0.1, -0.05) is 49.1 Å². The van der Waals surface area contributed by atoms with E-state index in [1.165, 1.54) is 36.7 Å². The second-order valence-electron chi connectivity index (χ2n) is 10.2. The molecule has 1 rings (SSSR count). The van der Waals surface area contributed by atoms with Gasteiger partial charge in [-0.15, -0.1) is 32.7 Å². The zero-order chi connectivity index (χ0) is 22.0. The molecule has 0 aromatic heterocycles. The Labute approximate surface area is 177 Å². The average molecular weight is 451 g/mol. The van der Waals surface area contributed by atoms with Gasteiger partial charge in [0.2, 0.25) is 0 Å². The van der Waals surface area contributed by atoms with Crippen molar-refractivity contribution in [2.45, 2.75) is 80.0 Å². The molecule has 0 aromatic rings. The molecule has 2 nitrogen and oxygen atoms in total. The molecule has 0 amide bonds. The van der Waals surface area contributed by atoms with Gasteiger partial charge in [0.1, 0.15) is 0 Å². The van der Waals surface area contributed by atoms with Gasteiger partial charge < -0.3 is 9.47 Å². The van der Waals surface area contributed by atoms with Crippen LogP contribution in [0.15, 0.2) is 0 Å². The van der Waals surface area contributed by atoms with Crippen LogP contribution in [0.25, 0.3) is 0 Å². The molecule has 0 aliphatic carbocycles. The highest BCUT2D eigenvalue weighted by molar-refractivity contribution is 7.84. The van der Waals surface area contributed by atoms with Crippen LogP contribution in [0, 0.1) is 11.3 Å². The second-order valence-corrected chi connectivity index (χ2v) is 22.1. The van der Waals surface area contributed by atoms with Crippen molar-refractivity contribution in [3.8, 4) is 0 Å². The predicted molar refractivity (Wildman–Crippen MR) is 142 cm³/mol. The van der Waals surface area contributed by atoms with Crippen LogP contribution < -0.4 is 0 Å². The summed E-state index contributed by atoms with van der Waals surface area (Å²) in [6, 6.07) is 0. The van der Waals surface area contributed by atoms with Crippen molar-refractivity contribution in [2.75, 3.05) is 36.7 Å². The Morgan fingerprint density at radius 2 is 1.46 bits per heavy atom. The lowest BCUT2D eigenvalue weighted by Gasteiger charge is -2.37. The third kappa shape index (κ3) is 6.41. The van der Waals surface area contributed by atoms with E-state index in [0.29, 0.717) is 5.92 Å². The van der Waals surface area contributed by atoms with Crippen molar-refractivity contribution in [2.24, 2.45) is 11.3 Å². The molecule has 1 fully saturated rings. The molecule has 5 atom stereocenters. The maximum Gasteiger partial charge on any atom is 0.162 e. The number of hydrogen-bond acceptors (Lipinski definition) is 2. The van der Waals surface area contributed by atoms with Crippen LogP contribution >= 0.6 is 21.3 Å². The predicted octanol–water partition coefficient (Wildman–Crippen LogP) is 6.71. The fraction of sp³-hybridized carbons (Fsp3) is 0.870. The van der Waals surface area contributed by atoms with E-state index < -0.39 is 21.3 Å². The summed E-state index contributed by atoms with van der Waals surface area (Å²) in [6.45, 7) is 18.2. The van der Waals surface area contributed by atoms with Crippen LogP contribution in [-0.4, -0.2) is 73.3 Å². The molecule has 28 heavy (non-hydrogen) atoms. The lowest BCUT2D eigenvalue weighted by Crippen LogP contribution is -2.33. The molecule has 2 unspecified atom stereocenters. The molecule has 1 saturated heterocycles. The van der Waals surface area contributed by atoms with Crippen molar-refractivity contribution < 1.29 is 9.47 Å². The van der Waals surface area contributed by atoms with Crippen molar-refractivity contribution in [1.29, 1.82) is 0 Å². The molecule has 0 radical (unpaired) electrons. The van der Waals surface area contributed by atoms with Gasteiger partial charge in [0.15, 0.2) is 6.29 Å². The van der Waals surface area contributed by atoms with Crippen molar-refractivity contribution in [3.63, 3.8) is 0 Å². The van der Waals surface area contributed by atoms with E-state index in [9.17, 15) is 0 Å². The van der Waals surface area contributed by atoms with Gasteiger partial charge in [0.05, 0.1) is 11.4 Å². The first-order valence-electron chi connectivity index (χ1n) is 11.1. The highest BCUT2D eigenvalue weighted by Crippen LogP contribution is 2.59. The molecule has 1 heterocycles. The average Bonchev–Trinajstić information content (AvgIpc) is 2.82. The summed E-state index contributed by atoms with van der Waals surface area (Å²) in [7, 11) is -0.952. The summed E-state index contributed by atoms with van der Waals surface area (Å²) < 4.78 is 12.8. The smallest absolute Gasteiger partial charge is 0.162 e. The van der Waals surface area contributed by atoms with E-state index in [1.807, 2.05) is 0 Å². The monoisotopic (exact) mass is 450 g/mol. The lowest BCUT2D eigenvalue weighted by atomic mass is 9.78. The van der Waals surface area contributed by atoms with Gasteiger partial charge in [-0.05, 0) is 62.9 Å². The molecule has 0 N–H and O–H groups in total. The van der Waals surface area contributed by atoms with Gasteiger partial charge in [-0.3, -0.25) is 0 Å². The normalized spacial score (nSPS) is 28.8. The van der Waals surface area contributed by atoms with Gasteiger partial charge in [-0.2, -0.15) is 0 Å². The number of rotatable bonds is 11. The summed E-state index contributed by atoms with van der Waals surface area (Å²) in [5.74, 6) is 1.57. The van der Waals surface area contributed by atoms with Crippen LogP contribution in [0.2, 0.25) is 0 Å². The summed E-state index contributed by atoms with van der Waals surface area (Å²) in [5.41, 5.74) is 0.142. The minimum Gasteiger partial charge on any atom is -0.349 e. The van der Waals surface area contributed by atoms with E-state index in [4.69, 9.17) is 15.8 Å². The highest BCUT2D eigenvalue weighted by Gasteiger charge is 2.48. The molecule has 168 valence electrons. The first-order valence-corrected chi connectivity index (χ1v) is 18.1. The summed E-state index contributed by atoms with van der Waals surface area (Å²) in [5, 5.41) is -0.214. The molecular formula is C23H49O2P3. The maximum absolute atomic E-state index is 6.60. The van der Waals surface area contributed by atoms with Crippen LogP contribution in [0.3, 0.4) is 0 Å². The number of hydrogen-bond donors (Lipinski definition) is 0. The fourth-order valence-corrected chi connectivity index (χ4v) is 15.0. The summed E-state index contributed by atoms with van der Waals surface area (Å²) in [4.78, 5) is 0. The third-order valence-electron chi connectivity index (χ3n) is 7.82. The van der Waals surface area contributed by atoms with Crippen molar-refractivity contribution >= 4 is 40.2 Å². The molecule has 0 saturated carbocycles. The van der Waals surface area contributed by atoms with E-state index in [2.05, 4.69) is 74.9 Å². The Morgan fingerprint density at radius 1 is 1.00 bits per heavy atom. The lowest BCUT2D eigenvalue weighted by molar-refractivity contribution is -0.176. The fourth-order valence-electron chi connectivity index (χ4n) is 3.63. The summed E-state index contributed by atoms with van der Waals surface area (Å²) >= 11 is 0. The molecular weight excluding hydrogens is 401 g/mol. The molecule has 0 bridgehead atoms. The zero-order valence-electron chi connectivity index (χ0n) is 20.3. The molecule has 0 spiro atoms. The van der Waals surface area contributed by atoms with E-state index in [-0.39, 0.29) is 23.2 Å². The Bertz CT molecular complexity index is 628. The highest BCUT2D eigenvalue weighted by atomic mass is 31.2. The summed E-state index contributed by atoms with van der Waals surface area (Å²) in [6.07, 6.45) is 20.5. The van der Waals surface area contributed by atoms with E-state index in [0.717, 1.165) is 0 Å². The van der Waals surface area contributed by atoms with Gasteiger partial charge in [0.25, 0.3) is 0 Å². The maximum atomic E-state index is 6.60. The first-order chi connectivity index (χ1) is 12.7. The minimum atomic E-state index is -1.22. The van der Waals surface area contributed by atoms with Crippen molar-refractivity contribution in [1.82, 2.24) is 0 Å². The second kappa shape index (κ2) is 9.96. The quantitative estimate of drug-likeness (QED) is 0.326. The first kappa shape index (κ1) is 26.9. The Hall–Kier alpha value is 0.820. The zero-order valence-corrected chi connectivity index (χ0v) is 23.1. The van der Waals surface area contributed by atoms with Gasteiger partial charge >= 0.3 is 0 Å². The number of ether oxygens (including phenoxy) is 2.